The van der Waals surface area contributed by atoms with E-state index in [9.17, 15) is 14.4 Å². The van der Waals surface area contributed by atoms with Gasteiger partial charge in [-0.3, -0.25) is 14.6 Å². The molecule has 3 rings (SSSR count). The van der Waals surface area contributed by atoms with Gasteiger partial charge in [-0.1, -0.05) is 48.5 Å². The van der Waals surface area contributed by atoms with Crippen molar-refractivity contribution in [1.82, 2.24) is 20.5 Å². The highest BCUT2D eigenvalue weighted by Gasteiger charge is 2.17. The Hall–Kier alpha value is -4.24. The SMILES string of the molecule is CN(C)CCCC(NC(=O)NCC(=O)c1ccccc1)c1ccc(C(=O)Nc2ccccc2N)nc1. The number of nitrogens with zero attached hydrogens (tertiary/aromatic N) is 2. The summed E-state index contributed by atoms with van der Waals surface area (Å²) in [6.45, 7) is 0.735. The third-order valence-electron chi connectivity index (χ3n) is 5.54. The van der Waals surface area contributed by atoms with Crippen LogP contribution in [-0.4, -0.2) is 54.8 Å². The van der Waals surface area contributed by atoms with Crippen LogP contribution in [0.2, 0.25) is 0 Å². The van der Waals surface area contributed by atoms with Gasteiger partial charge in [-0.25, -0.2) is 4.79 Å². The second-order valence-corrected chi connectivity index (χ2v) is 8.63. The molecular formula is C27H32N6O3. The van der Waals surface area contributed by atoms with Gasteiger partial charge in [0.05, 0.1) is 24.0 Å². The molecule has 1 heterocycles. The molecule has 0 spiro atoms. The van der Waals surface area contributed by atoms with Crippen LogP contribution in [0.5, 0.6) is 0 Å². The van der Waals surface area contributed by atoms with E-state index < -0.39 is 6.03 Å². The molecule has 3 amide bonds. The van der Waals surface area contributed by atoms with E-state index in [2.05, 4.69) is 25.8 Å². The van der Waals surface area contributed by atoms with Crippen molar-refractivity contribution in [2.45, 2.75) is 18.9 Å². The molecule has 5 N–H and O–H groups in total. The Balaban J connectivity index is 1.64. The van der Waals surface area contributed by atoms with Crippen molar-refractivity contribution in [3.05, 3.63) is 89.7 Å². The van der Waals surface area contributed by atoms with Crippen molar-refractivity contribution in [3.63, 3.8) is 0 Å². The summed E-state index contributed by atoms with van der Waals surface area (Å²) in [5.74, 6) is -0.556. The molecule has 188 valence electrons. The first-order valence-electron chi connectivity index (χ1n) is 11.7. The number of nitrogens with one attached hydrogen (secondary N) is 3. The normalized spacial score (nSPS) is 11.5. The number of amides is 3. The molecule has 0 radical (unpaired) electrons. The van der Waals surface area contributed by atoms with Gasteiger partial charge in [-0.15, -0.1) is 0 Å². The number of anilines is 2. The van der Waals surface area contributed by atoms with Crippen molar-refractivity contribution >= 4 is 29.1 Å². The lowest BCUT2D eigenvalue weighted by Crippen LogP contribution is -2.40. The van der Waals surface area contributed by atoms with Crippen LogP contribution in [0.25, 0.3) is 0 Å². The maximum absolute atomic E-state index is 12.6. The van der Waals surface area contributed by atoms with E-state index in [4.69, 9.17) is 5.73 Å². The van der Waals surface area contributed by atoms with Crippen LogP contribution >= 0.6 is 0 Å². The molecule has 0 saturated carbocycles. The van der Waals surface area contributed by atoms with Gasteiger partial charge in [-0.05, 0) is 57.2 Å². The summed E-state index contributed by atoms with van der Waals surface area (Å²) in [6, 6.07) is 18.4. The number of nitrogen functional groups attached to an aromatic ring is 1. The van der Waals surface area contributed by atoms with Gasteiger partial charge in [0.1, 0.15) is 5.69 Å². The van der Waals surface area contributed by atoms with Crippen molar-refractivity contribution in [2.75, 3.05) is 38.2 Å². The first-order chi connectivity index (χ1) is 17.3. The number of hydrogen-bond acceptors (Lipinski definition) is 6. The summed E-state index contributed by atoms with van der Waals surface area (Å²) in [5, 5.41) is 8.32. The zero-order valence-corrected chi connectivity index (χ0v) is 20.5. The number of rotatable bonds is 11. The van der Waals surface area contributed by atoms with Crippen LogP contribution in [0.3, 0.4) is 0 Å². The first-order valence-corrected chi connectivity index (χ1v) is 11.7. The third kappa shape index (κ3) is 7.92. The zero-order valence-electron chi connectivity index (χ0n) is 20.5. The molecule has 3 aromatic rings. The topological polar surface area (TPSA) is 129 Å². The van der Waals surface area contributed by atoms with E-state index in [0.29, 0.717) is 23.4 Å². The largest absolute Gasteiger partial charge is 0.397 e. The molecule has 0 aliphatic heterocycles. The Morgan fingerprint density at radius 1 is 0.972 bits per heavy atom. The number of benzene rings is 2. The van der Waals surface area contributed by atoms with Gasteiger partial charge in [-0.2, -0.15) is 0 Å². The number of ketones is 1. The number of carbonyl (C=O) groups is 3. The van der Waals surface area contributed by atoms with Crippen molar-refractivity contribution in [3.8, 4) is 0 Å². The predicted octanol–water partition coefficient (Wildman–Crippen LogP) is 3.48. The molecule has 1 atom stereocenters. The number of para-hydroxylation sites is 2. The number of hydrogen-bond donors (Lipinski definition) is 4. The minimum atomic E-state index is -0.449. The number of carbonyl (C=O) groups excluding carboxylic acids is 3. The smallest absolute Gasteiger partial charge is 0.315 e. The lowest BCUT2D eigenvalue weighted by Gasteiger charge is -2.20. The van der Waals surface area contributed by atoms with E-state index in [1.54, 1.807) is 66.9 Å². The fourth-order valence-corrected chi connectivity index (χ4v) is 3.57. The molecule has 9 heteroatoms. The minimum Gasteiger partial charge on any atom is -0.397 e. The van der Waals surface area contributed by atoms with E-state index >= 15 is 0 Å². The first kappa shape index (κ1) is 26.4. The lowest BCUT2D eigenvalue weighted by molar-refractivity contribution is 0.0990. The van der Waals surface area contributed by atoms with Gasteiger partial charge in [0.2, 0.25) is 0 Å². The van der Waals surface area contributed by atoms with Gasteiger partial charge in [0.25, 0.3) is 5.91 Å². The molecule has 0 saturated heterocycles. The second-order valence-electron chi connectivity index (χ2n) is 8.63. The number of Topliss-reactive ketones (excluding diaryl/α,β-unsaturated/α-hetero) is 1. The maximum atomic E-state index is 12.6. The van der Waals surface area contributed by atoms with Gasteiger partial charge >= 0.3 is 6.03 Å². The number of urea groups is 1. The average Bonchev–Trinajstić information content (AvgIpc) is 2.88. The summed E-state index contributed by atoms with van der Waals surface area (Å²) >= 11 is 0. The molecular weight excluding hydrogens is 456 g/mol. The van der Waals surface area contributed by atoms with E-state index in [1.807, 2.05) is 20.2 Å². The zero-order chi connectivity index (χ0) is 25.9. The summed E-state index contributed by atoms with van der Waals surface area (Å²) in [7, 11) is 3.97. The molecule has 9 nitrogen and oxygen atoms in total. The van der Waals surface area contributed by atoms with Crippen molar-refractivity contribution < 1.29 is 14.4 Å². The fourth-order valence-electron chi connectivity index (χ4n) is 3.57. The third-order valence-corrected chi connectivity index (χ3v) is 5.54. The van der Waals surface area contributed by atoms with E-state index in [-0.39, 0.29) is 30.0 Å². The van der Waals surface area contributed by atoms with Crippen LogP contribution in [0.1, 0.15) is 45.3 Å². The van der Waals surface area contributed by atoms with Crippen molar-refractivity contribution in [2.24, 2.45) is 0 Å². The summed E-state index contributed by atoms with van der Waals surface area (Å²) in [5.41, 5.74) is 8.39. The highest BCUT2D eigenvalue weighted by Crippen LogP contribution is 2.20. The highest BCUT2D eigenvalue weighted by atomic mass is 16.2. The van der Waals surface area contributed by atoms with Crippen LogP contribution < -0.4 is 21.7 Å². The van der Waals surface area contributed by atoms with Crippen LogP contribution in [0.15, 0.2) is 72.9 Å². The summed E-state index contributed by atoms with van der Waals surface area (Å²) in [4.78, 5) is 43.8. The Morgan fingerprint density at radius 2 is 1.69 bits per heavy atom. The van der Waals surface area contributed by atoms with Crippen LogP contribution in [0.4, 0.5) is 16.2 Å². The molecule has 1 unspecified atom stereocenters. The van der Waals surface area contributed by atoms with Crippen LogP contribution in [0, 0.1) is 0 Å². The van der Waals surface area contributed by atoms with Crippen LogP contribution in [-0.2, 0) is 0 Å². The number of nitrogens with two attached hydrogens (primary N) is 1. The van der Waals surface area contributed by atoms with Gasteiger partial charge in [0, 0.05) is 11.8 Å². The summed E-state index contributed by atoms with van der Waals surface area (Å²) < 4.78 is 0. The molecule has 0 fully saturated rings. The predicted molar refractivity (Wildman–Crippen MR) is 141 cm³/mol. The Bertz CT molecular complexity index is 1170. The van der Waals surface area contributed by atoms with Gasteiger partial charge < -0.3 is 26.6 Å². The lowest BCUT2D eigenvalue weighted by atomic mass is 10.0. The molecule has 2 aromatic carbocycles. The molecule has 1 aromatic heterocycles. The Morgan fingerprint density at radius 3 is 2.36 bits per heavy atom. The monoisotopic (exact) mass is 488 g/mol. The standard InChI is InChI=1S/C27H32N6O3/c1-33(2)16-8-13-22(32-27(36)30-18-25(34)19-9-4-3-5-10-19)20-14-15-24(29-17-20)26(35)31-23-12-7-6-11-21(23)28/h3-7,9-12,14-15,17,22H,8,13,16,18,28H2,1-2H3,(H,31,35)(H2,30,32,36). The maximum Gasteiger partial charge on any atom is 0.315 e. The molecule has 0 bridgehead atoms. The van der Waals surface area contributed by atoms with E-state index in [0.717, 1.165) is 18.5 Å². The van der Waals surface area contributed by atoms with E-state index in [1.165, 1.54) is 0 Å². The Kier molecular flexibility index (Phi) is 9.53. The highest BCUT2D eigenvalue weighted by molar-refractivity contribution is 6.04. The van der Waals surface area contributed by atoms with Gasteiger partial charge in [0.15, 0.2) is 5.78 Å². The second kappa shape index (κ2) is 13.0. The minimum absolute atomic E-state index is 0.111. The quantitative estimate of drug-likeness (QED) is 0.242. The number of aromatic nitrogens is 1. The number of pyridine rings is 1. The molecule has 0 aliphatic carbocycles. The fraction of sp³-hybridized carbons (Fsp3) is 0.259. The molecule has 36 heavy (non-hydrogen) atoms. The average molecular weight is 489 g/mol. The molecule has 0 aliphatic rings. The summed E-state index contributed by atoms with van der Waals surface area (Å²) in [6.07, 6.45) is 3.07. The van der Waals surface area contributed by atoms with Crippen molar-refractivity contribution in [1.29, 1.82) is 0 Å². The Labute approximate surface area is 211 Å².